The maximum atomic E-state index is 12.5. The Labute approximate surface area is 187 Å². The molecule has 0 unspecified atom stereocenters. The lowest BCUT2D eigenvalue weighted by Gasteiger charge is -1.94. The molecule has 0 spiro atoms. The van der Waals surface area contributed by atoms with Crippen molar-refractivity contribution in [1.82, 2.24) is 19.9 Å². The fourth-order valence-corrected chi connectivity index (χ4v) is 5.87. The van der Waals surface area contributed by atoms with E-state index in [1.54, 1.807) is 41.6 Å². The number of rotatable bonds is 7. The first-order chi connectivity index (χ1) is 14.6. The first-order valence-electron chi connectivity index (χ1n) is 8.56. The van der Waals surface area contributed by atoms with E-state index >= 15 is 0 Å². The van der Waals surface area contributed by atoms with Gasteiger partial charge in [-0.25, -0.2) is 24.3 Å². The van der Waals surface area contributed by atoms with E-state index in [0.717, 1.165) is 25.1 Å². The Morgan fingerprint density at radius 1 is 0.933 bits per heavy atom. The van der Waals surface area contributed by atoms with E-state index < -0.39 is 11.9 Å². The largest absolute Gasteiger partial charge is 0.301 e. The van der Waals surface area contributed by atoms with Crippen LogP contribution in [0.25, 0.3) is 20.7 Å². The van der Waals surface area contributed by atoms with Crippen LogP contribution in [0.2, 0.25) is 0 Å². The highest BCUT2D eigenvalue weighted by Crippen LogP contribution is 2.30. The zero-order chi connectivity index (χ0) is 21.3. The number of nitrogens with zero attached hydrogens (tertiary/aromatic N) is 4. The van der Waals surface area contributed by atoms with Gasteiger partial charge < -0.3 is 0 Å². The molecule has 0 saturated heterocycles. The second-order valence-corrected chi connectivity index (χ2v) is 10.1. The van der Waals surface area contributed by atoms with E-state index in [2.05, 4.69) is 26.5 Å². The number of halogens is 3. The highest BCUT2D eigenvalue weighted by atomic mass is 32.2. The van der Waals surface area contributed by atoms with Crippen molar-refractivity contribution < 1.29 is 13.2 Å². The Hall–Kier alpha value is -1.95. The van der Waals surface area contributed by atoms with Gasteiger partial charge in [-0.1, -0.05) is 29.6 Å². The van der Waals surface area contributed by atoms with Gasteiger partial charge in [0.25, 0.3) is 0 Å². The molecule has 0 aliphatic rings. The van der Waals surface area contributed by atoms with Gasteiger partial charge in [-0.15, -0.1) is 29.3 Å². The number of thioether (sulfide) groups is 2. The van der Waals surface area contributed by atoms with Gasteiger partial charge in [0.05, 0.1) is 9.40 Å². The van der Waals surface area contributed by atoms with Gasteiger partial charge in [0.1, 0.15) is 0 Å². The van der Waals surface area contributed by atoms with Crippen LogP contribution in [0.5, 0.6) is 0 Å². The minimum atomic E-state index is -2.24. The van der Waals surface area contributed by atoms with Crippen molar-refractivity contribution in [3.05, 3.63) is 61.2 Å². The van der Waals surface area contributed by atoms with E-state index in [9.17, 15) is 13.2 Å². The molecule has 0 aliphatic carbocycles. The molecule has 0 aliphatic heterocycles. The second-order valence-electron chi connectivity index (χ2n) is 5.47. The molecule has 0 radical (unpaired) electrons. The van der Waals surface area contributed by atoms with E-state index in [-0.39, 0.29) is 12.2 Å². The molecular formula is C19H15F3N4S4. The van der Waals surface area contributed by atoms with Crippen molar-refractivity contribution in [3.63, 3.8) is 0 Å². The zero-order valence-corrected chi connectivity index (χ0v) is 18.7. The summed E-state index contributed by atoms with van der Waals surface area (Å²) in [6.45, 7) is 3.67. The highest BCUT2D eigenvalue weighted by Gasteiger charge is 2.08. The molecule has 30 heavy (non-hydrogen) atoms. The van der Waals surface area contributed by atoms with Gasteiger partial charge in [0.2, 0.25) is 0 Å². The fraction of sp³-hybridized carbons (Fsp3) is 0.158. The van der Waals surface area contributed by atoms with Gasteiger partial charge >= 0.3 is 6.08 Å². The van der Waals surface area contributed by atoms with Crippen molar-refractivity contribution >= 4 is 66.9 Å². The first-order valence-corrected chi connectivity index (χ1v) is 12.2. The molecule has 0 saturated carbocycles. The van der Waals surface area contributed by atoms with Crippen molar-refractivity contribution in [2.75, 3.05) is 11.5 Å². The van der Waals surface area contributed by atoms with Crippen LogP contribution in [-0.4, -0.2) is 31.4 Å². The average molecular weight is 485 g/mol. The van der Waals surface area contributed by atoms with Crippen LogP contribution in [0, 0.1) is 0 Å². The molecule has 11 heteroatoms. The normalized spacial score (nSPS) is 10.6. The SMILES string of the molecule is C=CCSc1nc2ncccc2s1.FC(F)=C(F)CCSc1nc2ncccc2s1. The maximum Gasteiger partial charge on any atom is 0.301 e. The van der Waals surface area contributed by atoms with E-state index in [4.69, 9.17) is 0 Å². The summed E-state index contributed by atoms with van der Waals surface area (Å²) in [6, 6.07) is 7.65. The van der Waals surface area contributed by atoms with Gasteiger partial charge in [-0.05, 0) is 24.3 Å². The highest BCUT2D eigenvalue weighted by molar-refractivity contribution is 8.01. The summed E-state index contributed by atoms with van der Waals surface area (Å²) in [6.07, 6.45) is 2.76. The third-order valence-electron chi connectivity index (χ3n) is 3.37. The molecule has 0 N–H and O–H groups in total. The van der Waals surface area contributed by atoms with Gasteiger partial charge in [0, 0.05) is 30.3 Å². The quantitative estimate of drug-likeness (QED) is 0.204. The summed E-state index contributed by atoms with van der Waals surface area (Å²) < 4.78 is 40.0. The van der Waals surface area contributed by atoms with Crippen LogP contribution in [0.4, 0.5) is 13.2 Å². The number of fused-ring (bicyclic) bond motifs is 2. The lowest BCUT2D eigenvalue weighted by Crippen LogP contribution is -1.82. The summed E-state index contributed by atoms with van der Waals surface area (Å²) in [5.74, 6) is -0.209. The molecule has 156 valence electrons. The zero-order valence-electron chi connectivity index (χ0n) is 15.4. The Bertz CT molecular complexity index is 1090. The molecule has 0 aromatic carbocycles. The average Bonchev–Trinajstić information content (AvgIpc) is 3.35. The first kappa shape index (κ1) is 22.7. The lowest BCUT2D eigenvalue weighted by atomic mass is 10.4. The predicted octanol–water partition coefficient (Wildman–Crippen LogP) is 7.22. The standard InChI is InChI=1S/C10H7F3N2S2.C9H8N2S2/c11-6(8(12)13)3-5-16-10-15-9-7(17-10)2-1-4-14-9;1-2-6-12-9-11-8-7(13-9)4-3-5-10-8/h1-2,4H,3,5H2;2-5H,1,6H2. The molecule has 0 atom stereocenters. The summed E-state index contributed by atoms with van der Waals surface area (Å²) in [5, 5.41) is 0. The van der Waals surface area contributed by atoms with Crippen LogP contribution < -0.4 is 0 Å². The van der Waals surface area contributed by atoms with Crippen LogP contribution in [0.15, 0.2) is 69.9 Å². The smallest absolute Gasteiger partial charge is 0.236 e. The van der Waals surface area contributed by atoms with Crippen molar-refractivity contribution in [2.24, 2.45) is 0 Å². The summed E-state index contributed by atoms with van der Waals surface area (Å²) in [5.41, 5.74) is 1.48. The summed E-state index contributed by atoms with van der Waals surface area (Å²) in [7, 11) is 0. The Kier molecular flexibility index (Phi) is 8.67. The van der Waals surface area contributed by atoms with E-state index in [0.29, 0.717) is 9.99 Å². The number of pyridine rings is 2. The number of thiazole rings is 2. The monoisotopic (exact) mass is 484 g/mol. The number of allylic oxidation sites excluding steroid dienone is 1. The van der Waals surface area contributed by atoms with Gasteiger partial charge in [-0.3, -0.25) is 0 Å². The molecule has 0 amide bonds. The number of hydrogen-bond donors (Lipinski definition) is 0. The van der Waals surface area contributed by atoms with Crippen molar-refractivity contribution in [1.29, 1.82) is 0 Å². The second kappa shape index (κ2) is 11.4. The third kappa shape index (κ3) is 6.53. The Morgan fingerprint density at radius 3 is 2.00 bits per heavy atom. The van der Waals surface area contributed by atoms with Gasteiger partial charge in [0.15, 0.2) is 25.8 Å². The number of hydrogen-bond acceptors (Lipinski definition) is 8. The Balaban J connectivity index is 0.000000177. The minimum absolute atomic E-state index is 0.239. The molecule has 0 bridgehead atoms. The lowest BCUT2D eigenvalue weighted by molar-refractivity contribution is 0.373. The van der Waals surface area contributed by atoms with Crippen LogP contribution in [0.3, 0.4) is 0 Å². The molecule has 0 fully saturated rings. The van der Waals surface area contributed by atoms with Crippen molar-refractivity contribution in [2.45, 2.75) is 15.1 Å². The maximum absolute atomic E-state index is 12.5. The topological polar surface area (TPSA) is 51.6 Å². The third-order valence-corrected chi connectivity index (χ3v) is 7.67. The minimum Gasteiger partial charge on any atom is -0.236 e. The number of aromatic nitrogens is 4. The summed E-state index contributed by atoms with van der Waals surface area (Å²) in [4.78, 5) is 16.8. The molecule has 4 rings (SSSR count). The molecular weight excluding hydrogens is 469 g/mol. The Morgan fingerprint density at radius 2 is 1.50 bits per heavy atom. The molecule has 4 nitrogen and oxygen atoms in total. The fourth-order valence-electron chi connectivity index (χ4n) is 2.07. The summed E-state index contributed by atoms with van der Waals surface area (Å²) >= 11 is 6.05. The van der Waals surface area contributed by atoms with Crippen LogP contribution in [0.1, 0.15) is 6.42 Å². The molecule has 4 aromatic rings. The molecule has 4 aromatic heterocycles. The van der Waals surface area contributed by atoms with E-state index in [1.165, 1.54) is 23.1 Å². The van der Waals surface area contributed by atoms with E-state index in [1.807, 2.05) is 24.3 Å². The van der Waals surface area contributed by atoms with Crippen LogP contribution in [-0.2, 0) is 0 Å². The predicted molar refractivity (Wildman–Crippen MR) is 121 cm³/mol. The van der Waals surface area contributed by atoms with Crippen molar-refractivity contribution in [3.8, 4) is 0 Å². The molecule has 4 heterocycles. The van der Waals surface area contributed by atoms with Gasteiger partial charge in [-0.2, -0.15) is 8.78 Å². The van der Waals surface area contributed by atoms with Crippen LogP contribution >= 0.6 is 46.2 Å².